The first-order valence-electron chi connectivity index (χ1n) is 20.6. The van der Waals surface area contributed by atoms with E-state index in [4.69, 9.17) is 0 Å². The van der Waals surface area contributed by atoms with Crippen LogP contribution in [0.4, 0.5) is 11.4 Å². The van der Waals surface area contributed by atoms with Crippen LogP contribution in [0.3, 0.4) is 0 Å². The Morgan fingerprint density at radius 3 is 2.24 bits per heavy atom. The van der Waals surface area contributed by atoms with Gasteiger partial charge in [-0.15, -0.1) is 0 Å². The highest BCUT2D eigenvalue weighted by Gasteiger charge is 2.53. The third-order valence-electron chi connectivity index (χ3n) is 14.5. The Labute approximate surface area is 326 Å². The lowest BCUT2D eigenvalue weighted by molar-refractivity contribution is 0.308. The van der Waals surface area contributed by atoms with Gasteiger partial charge in [-0.1, -0.05) is 155 Å². The zero-order chi connectivity index (χ0) is 37.1. The quantitative estimate of drug-likeness (QED) is 0.179. The van der Waals surface area contributed by atoms with Gasteiger partial charge in [0.15, 0.2) is 0 Å². The molecular formula is C54H49N. The summed E-state index contributed by atoms with van der Waals surface area (Å²) < 4.78 is 0. The van der Waals surface area contributed by atoms with Crippen molar-refractivity contribution < 1.29 is 0 Å². The number of anilines is 2. The second kappa shape index (κ2) is 12.0. The summed E-state index contributed by atoms with van der Waals surface area (Å²) in [6, 6.07) is 36.9. The van der Waals surface area contributed by atoms with Crippen molar-refractivity contribution in [2.75, 3.05) is 4.90 Å². The highest BCUT2D eigenvalue weighted by Crippen LogP contribution is 2.62. The zero-order valence-corrected chi connectivity index (χ0v) is 32.5. The Balaban J connectivity index is 1.03. The van der Waals surface area contributed by atoms with E-state index in [1.165, 1.54) is 60.5 Å². The molecule has 0 amide bonds. The van der Waals surface area contributed by atoms with E-state index in [0.29, 0.717) is 29.6 Å². The molecule has 1 heteroatoms. The average molecular weight is 712 g/mol. The molecule has 0 N–H and O–H groups in total. The number of hydrogen-bond donors (Lipinski definition) is 0. The molecule has 6 aliphatic rings. The second-order valence-electron chi connectivity index (χ2n) is 18.0. The summed E-state index contributed by atoms with van der Waals surface area (Å²) in [6.45, 7) is 10.0. The Morgan fingerprint density at radius 1 is 0.655 bits per heavy atom. The summed E-state index contributed by atoms with van der Waals surface area (Å²) in [6.07, 6.45) is 27.8. The van der Waals surface area contributed by atoms with Crippen molar-refractivity contribution in [2.24, 2.45) is 17.8 Å². The van der Waals surface area contributed by atoms with Gasteiger partial charge in [0, 0.05) is 23.0 Å². The minimum atomic E-state index is -0.0149. The molecule has 0 saturated carbocycles. The maximum atomic E-state index is 2.69. The van der Waals surface area contributed by atoms with Crippen LogP contribution in [-0.2, 0) is 10.8 Å². The van der Waals surface area contributed by atoms with E-state index in [0.717, 1.165) is 19.3 Å². The highest BCUT2D eigenvalue weighted by molar-refractivity contribution is 5.89. The van der Waals surface area contributed by atoms with Crippen LogP contribution in [0, 0.1) is 17.8 Å². The van der Waals surface area contributed by atoms with Crippen LogP contribution in [-0.4, -0.2) is 0 Å². The number of hydrogen-bond acceptors (Lipinski definition) is 1. The van der Waals surface area contributed by atoms with E-state index in [1.54, 1.807) is 16.7 Å². The molecule has 0 radical (unpaired) electrons. The molecule has 5 aromatic carbocycles. The molecule has 270 valence electrons. The SMILES string of the molecule is CC1(C)c2cc3c(cc2C2C=CC(N(c4ccc(-c5ccccc5)cc4)c4ccc5ccc6c(c5c4)=CCCC=6)=CC21)C(C)(C)C1C=CC2=CC=CCC2C31. The van der Waals surface area contributed by atoms with Gasteiger partial charge < -0.3 is 4.90 Å². The fourth-order valence-corrected chi connectivity index (χ4v) is 11.5. The molecule has 6 aliphatic carbocycles. The van der Waals surface area contributed by atoms with Gasteiger partial charge in [-0.3, -0.25) is 0 Å². The molecule has 5 unspecified atom stereocenters. The molecule has 0 heterocycles. The molecule has 0 spiro atoms. The van der Waals surface area contributed by atoms with Gasteiger partial charge in [0.25, 0.3) is 0 Å². The number of allylic oxidation sites excluding steroid dienone is 9. The van der Waals surface area contributed by atoms with E-state index < -0.39 is 0 Å². The smallest absolute Gasteiger partial charge is 0.0468 e. The van der Waals surface area contributed by atoms with Crippen LogP contribution >= 0.6 is 0 Å². The fraction of sp³-hybridized carbons (Fsp3) is 0.259. The first-order chi connectivity index (χ1) is 26.8. The van der Waals surface area contributed by atoms with E-state index in [9.17, 15) is 0 Å². The Bertz CT molecular complexity index is 2690. The van der Waals surface area contributed by atoms with Crippen LogP contribution < -0.4 is 15.3 Å². The second-order valence-corrected chi connectivity index (χ2v) is 18.0. The summed E-state index contributed by atoms with van der Waals surface area (Å²) in [5.74, 6) is 2.36. The van der Waals surface area contributed by atoms with Crippen LogP contribution in [0.5, 0.6) is 0 Å². The summed E-state index contributed by atoms with van der Waals surface area (Å²) in [5.41, 5.74) is 14.0. The number of rotatable bonds is 4. The molecule has 0 aromatic heterocycles. The van der Waals surface area contributed by atoms with Gasteiger partial charge >= 0.3 is 0 Å². The van der Waals surface area contributed by atoms with Gasteiger partial charge in [0.2, 0.25) is 0 Å². The third kappa shape index (κ3) is 4.91. The van der Waals surface area contributed by atoms with Crippen molar-refractivity contribution in [3.05, 3.63) is 190 Å². The van der Waals surface area contributed by atoms with E-state index in [1.807, 2.05) is 0 Å². The van der Waals surface area contributed by atoms with Crippen LogP contribution in [0.25, 0.3) is 34.1 Å². The van der Waals surface area contributed by atoms with Crippen LogP contribution in [0.2, 0.25) is 0 Å². The summed E-state index contributed by atoms with van der Waals surface area (Å²) in [7, 11) is 0. The van der Waals surface area contributed by atoms with Gasteiger partial charge in [0.1, 0.15) is 0 Å². The molecule has 0 bridgehead atoms. The topological polar surface area (TPSA) is 3.24 Å². The summed E-state index contributed by atoms with van der Waals surface area (Å²) in [4.78, 5) is 2.51. The minimum Gasteiger partial charge on any atom is -0.311 e. The minimum absolute atomic E-state index is 0.0149. The van der Waals surface area contributed by atoms with Crippen molar-refractivity contribution in [3.8, 4) is 11.1 Å². The fourth-order valence-electron chi connectivity index (χ4n) is 11.5. The normalized spacial score (nSPS) is 25.6. The highest BCUT2D eigenvalue weighted by atomic mass is 15.1. The van der Waals surface area contributed by atoms with Gasteiger partial charge in [-0.2, -0.15) is 0 Å². The molecule has 11 rings (SSSR count). The Hall–Kier alpha value is -5.40. The van der Waals surface area contributed by atoms with E-state index in [-0.39, 0.29) is 10.8 Å². The van der Waals surface area contributed by atoms with Crippen molar-refractivity contribution in [1.82, 2.24) is 0 Å². The summed E-state index contributed by atoms with van der Waals surface area (Å²) in [5, 5.41) is 5.37. The standard InChI is InChI=1S/C54H49N/c1-53(2)48-29-23-37-15-9-11-17-43(37)52(48)47-33-50-46(32-51(47)53)44-28-27-41(31-49(44)54(50,3)4)55(39-24-20-35(21-25-39)34-12-6-5-7-13-34)40-26-22-38-19-18-36-14-8-10-16-42(36)45(38)30-40/h5-7,9,11-16,18-33,43-44,48-49,52H,8,10,17H2,1-4H3. The molecule has 5 atom stereocenters. The van der Waals surface area contributed by atoms with Crippen LogP contribution in [0.15, 0.2) is 157 Å². The maximum absolute atomic E-state index is 2.69. The number of benzene rings is 5. The number of nitrogens with zero attached hydrogens (tertiary/aromatic N) is 1. The first kappa shape index (κ1) is 33.0. The molecule has 0 fully saturated rings. The largest absolute Gasteiger partial charge is 0.311 e. The van der Waals surface area contributed by atoms with Crippen molar-refractivity contribution in [1.29, 1.82) is 0 Å². The lowest BCUT2D eigenvalue weighted by Crippen LogP contribution is -2.31. The summed E-state index contributed by atoms with van der Waals surface area (Å²) >= 11 is 0. The lowest BCUT2D eigenvalue weighted by atomic mass is 9.65. The molecule has 0 aliphatic heterocycles. The van der Waals surface area contributed by atoms with Crippen LogP contribution in [0.1, 0.15) is 81.0 Å². The van der Waals surface area contributed by atoms with Crippen molar-refractivity contribution in [2.45, 2.75) is 69.6 Å². The van der Waals surface area contributed by atoms with Crippen molar-refractivity contribution >= 4 is 34.3 Å². The zero-order valence-electron chi connectivity index (χ0n) is 32.5. The van der Waals surface area contributed by atoms with E-state index >= 15 is 0 Å². The van der Waals surface area contributed by atoms with E-state index in [2.05, 4.69) is 190 Å². The predicted molar refractivity (Wildman–Crippen MR) is 232 cm³/mol. The monoisotopic (exact) mass is 711 g/mol. The average Bonchev–Trinajstić information content (AvgIpc) is 3.59. The molecular weight excluding hydrogens is 663 g/mol. The predicted octanol–water partition coefficient (Wildman–Crippen LogP) is 12.2. The molecule has 1 nitrogen and oxygen atoms in total. The third-order valence-corrected chi connectivity index (χ3v) is 14.5. The van der Waals surface area contributed by atoms with Gasteiger partial charge in [0.05, 0.1) is 0 Å². The first-order valence-corrected chi connectivity index (χ1v) is 20.6. The molecule has 0 saturated heterocycles. The maximum Gasteiger partial charge on any atom is 0.0468 e. The Kier molecular flexibility index (Phi) is 7.22. The molecule has 55 heavy (non-hydrogen) atoms. The lowest BCUT2D eigenvalue weighted by Gasteiger charge is -2.38. The van der Waals surface area contributed by atoms with Crippen molar-refractivity contribution in [3.63, 3.8) is 0 Å². The Morgan fingerprint density at radius 2 is 1.38 bits per heavy atom. The van der Waals surface area contributed by atoms with Gasteiger partial charge in [-0.05, 0) is 144 Å². The van der Waals surface area contributed by atoms with Gasteiger partial charge in [-0.25, -0.2) is 0 Å². The molecule has 5 aromatic rings. The number of fused-ring (bicyclic) bond motifs is 11.